The number of ether oxygens (including phenoxy) is 4. The van der Waals surface area contributed by atoms with Crippen molar-refractivity contribution in [2.24, 2.45) is 17.8 Å². The SMILES string of the molecule is CCCCCC/C=C\C=C/CCCCCCCC(=O)OC[C@H](COP(=O)(O)OCC(O)COP(=O)(O)OC[C@@H](COC(=O)CCCCCCCCCC(C)C)OC(=O)CCCCCCCCCCCCCCCC(C)C)OC(=O)CCCCCCCCCCCCCC(C)C. The van der Waals surface area contributed by atoms with E-state index < -0.39 is 97.5 Å². The molecule has 0 fully saturated rings. The lowest BCUT2D eigenvalue weighted by Gasteiger charge is -2.21. The zero-order valence-electron chi connectivity index (χ0n) is 61.6. The topological polar surface area (TPSA) is 237 Å². The fourth-order valence-corrected chi connectivity index (χ4v) is 12.6. The van der Waals surface area contributed by atoms with Gasteiger partial charge in [-0.25, -0.2) is 9.13 Å². The highest BCUT2D eigenvalue weighted by molar-refractivity contribution is 7.47. The van der Waals surface area contributed by atoms with Crippen molar-refractivity contribution >= 4 is 39.5 Å². The molecule has 3 N–H and O–H groups in total. The second kappa shape index (κ2) is 66.1. The molecule has 0 radical (unpaired) electrons. The van der Waals surface area contributed by atoms with Gasteiger partial charge < -0.3 is 33.8 Å². The minimum Gasteiger partial charge on any atom is -0.462 e. The number of esters is 4. The van der Waals surface area contributed by atoms with Crippen LogP contribution in [0.1, 0.15) is 363 Å². The highest BCUT2D eigenvalue weighted by Crippen LogP contribution is 2.45. The Morgan fingerprint density at radius 3 is 0.853 bits per heavy atom. The maximum Gasteiger partial charge on any atom is 0.472 e. The molecule has 3 unspecified atom stereocenters. The van der Waals surface area contributed by atoms with Crippen molar-refractivity contribution in [3.05, 3.63) is 24.3 Å². The molecule has 0 aliphatic heterocycles. The molecule has 0 aromatic heterocycles. The zero-order valence-corrected chi connectivity index (χ0v) is 63.4. The van der Waals surface area contributed by atoms with Crippen molar-refractivity contribution in [1.29, 1.82) is 0 Å². The first-order valence-corrected chi connectivity index (χ1v) is 41.7. The fourth-order valence-electron chi connectivity index (χ4n) is 11.1. The van der Waals surface area contributed by atoms with Gasteiger partial charge in [0, 0.05) is 25.7 Å². The third-order valence-corrected chi connectivity index (χ3v) is 18.9. The maximum absolute atomic E-state index is 13.1. The van der Waals surface area contributed by atoms with Crippen molar-refractivity contribution in [2.45, 2.75) is 381 Å². The average molecular weight is 1390 g/mol. The molecule has 5 atom stereocenters. The summed E-state index contributed by atoms with van der Waals surface area (Å²) in [7, 11) is -9.92. The minimum atomic E-state index is -4.96. The van der Waals surface area contributed by atoms with Crippen LogP contribution in [0.2, 0.25) is 0 Å². The molecule has 560 valence electrons. The van der Waals surface area contributed by atoms with Crippen LogP contribution in [-0.2, 0) is 65.4 Å². The molecule has 0 rings (SSSR count). The third-order valence-electron chi connectivity index (χ3n) is 17.0. The molecule has 0 heterocycles. The Morgan fingerprint density at radius 2 is 0.568 bits per heavy atom. The third kappa shape index (κ3) is 69.8. The van der Waals surface area contributed by atoms with Crippen LogP contribution in [0.4, 0.5) is 0 Å². The van der Waals surface area contributed by atoms with E-state index in [1.807, 2.05) is 0 Å². The summed E-state index contributed by atoms with van der Waals surface area (Å²) in [6, 6.07) is 0. The quantitative estimate of drug-likeness (QED) is 0.0169. The first-order valence-electron chi connectivity index (χ1n) is 38.7. The molecule has 0 aliphatic carbocycles. The molecule has 0 aliphatic rings. The Balaban J connectivity index is 5.28. The summed E-state index contributed by atoms with van der Waals surface area (Å²) in [6.07, 6.45) is 54.9. The zero-order chi connectivity index (χ0) is 70.1. The Morgan fingerprint density at radius 1 is 0.326 bits per heavy atom. The van der Waals surface area contributed by atoms with Crippen LogP contribution in [0.15, 0.2) is 24.3 Å². The van der Waals surface area contributed by atoms with Gasteiger partial charge in [0.1, 0.15) is 19.3 Å². The van der Waals surface area contributed by atoms with E-state index in [0.29, 0.717) is 31.6 Å². The van der Waals surface area contributed by atoms with E-state index in [-0.39, 0.29) is 25.7 Å². The van der Waals surface area contributed by atoms with E-state index in [4.69, 9.17) is 37.0 Å². The van der Waals surface area contributed by atoms with Crippen molar-refractivity contribution in [3.63, 3.8) is 0 Å². The van der Waals surface area contributed by atoms with Crippen LogP contribution in [0.5, 0.6) is 0 Å². The van der Waals surface area contributed by atoms with E-state index in [9.17, 15) is 43.2 Å². The molecule has 0 saturated heterocycles. The van der Waals surface area contributed by atoms with Crippen molar-refractivity contribution in [1.82, 2.24) is 0 Å². The van der Waals surface area contributed by atoms with E-state index in [1.54, 1.807) is 0 Å². The van der Waals surface area contributed by atoms with Crippen molar-refractivity contribution in [3.8, 4) is 0 Å². The molecule has 0 saturated carbocycles. The van der Waals surface area contributed by atoms with Crippen LogP contribution >= 0.6 is 15.6 Å². The first-order chi connectivity index (χ1) is 45.7. The maximum atomic E-state index is 13.1. The number of allylic oxidation sites excluding steroid dienone is 4. The Kier molecular flexibility index (Phi) is 64.4. The molecule has 17 nitrogen and oxygen atoms in total. The smallest absolute Gasteiger partial charge is 0.462 e. The van der Waals surface area contributed by atoms with Crippen molar-refractivity contribution < 1.29 is 80.2 Å². The van der Waals surface area contributed by atoms with E-state index in [2.05, 4.69) is 72.8 Å². The number of aliphatic hydroxyl groups excluding tert-OH is 1. The van der Waals surface area contributed by atoms with Crippen LogP contribution in [0.25, 0.3) is 0 Å². The van der Waals surface area contributed by atoms with Gasteiger partial charge in [-0.15, -0.1) is 0 Å². The Bertz CT molecular complexity index is 1950. The molecule has 0 amide bonds. The number of rotatable bonds is 72. The summed E-state index contributed by atoms with van der Waals surface area (Å²) in [5.41, 5.74) is 0. The first kappa shape index (κ1) is 92.5. The average Bonchev–Trinajstić information content (AvgIpc) is 1.76. The largest absolute Gasteiger partial charge is 0.472 e. The fraction of sp³-hybridized carbons (Fsp3) is 0.895. The van der Waals surface area contributed by atoms with Crippen LogP contribution < -0.4 is 0 Å². The van der Waals surface area contributed by atoms with Crippen LogP contribution in [0.3, 0.4) is 0 Å². The number of aliphatic hydroxyl groups is 1. The Labute approximate surface area is 580 Å². The normalized spacial score (nSPS) is 14.2. The van der Waals surface area contributed by atoms with Gasteiger partial charge in [0.05, 0.1) is 26.4 Å². The van der Waals surface area contributed by atoms with Gasteiger partial charge in [-0.2, -0.15) is 0 Å². The number of hydrogen-bond donors (Lipinski definition) is 3. The number of phosphoric ester groups is 2. The minimum absolute atomic E-state index is 0.0992. The highest BCUT2D eigenvalue weighted by atomic mass is 31.2. The summed E-state index contributed by atoms with van der Waals surface area (Å²) in [5, 5.41) is 10.6. The second-order valence-corrected chi connectivity index (χ2v) is 31.0. The van der Waals surface area contributed by atoms with Gasteiger partial charge in [-0.1, -0.05) is 310 Å². The lowest BCUT2D eigenvalue weighted by atomic mass is 10.0. The number of phosphoric acid groups is 2. The molecule has 0 bridgehead atoms. The van der Waals surface area contributed by atoms with Crippen LogP contribution in [0, 0.1) is 17.8 Å². The van der Waals surface area contributed by atoms with E-state index >= 15 is 0 Å². The standard InChI is InChI=1S/C76H144O17P2/c1-8-9-10-11-12-13-14-15-16-19-24-29-36-43-50-57-73(78)86-63-71(92-76(81)60-53-46-38-31-26-21-23-28-34-41-48-55-68(4)5)65-90-94(82,83)88-61-70(77)62-89-95(84,85)91-66-72(64-87-74(79)58-51-44-39-32-35-42-49-56-69(6)7)93-75(80)59-52-45-37-30-25-20-17-18-22-27-33-40-47-54-67(2)3/h13-16,67-72,77H,8-12,17-66H2,1-7H3,(H,82,83)(H,84,85)/b14-13-,16-15-/t70?,71-,72-/m1/s1. The molecule has 19 heteroatoms. The summed E-state index contributed by atoms with van der Waals surface area (Å²) in [4.78, 5) is 72.8. The second-order valence-electron chi connectivity index (χ2n) is 28.1. The monoisotopic (exact) mass is 1390 g/mol. The van der Waals surface area contributed by atoms with Crippen LogP contribution in [-0.4, -0.2) is 96.7 Å². The highest BCUT2D eigenvalue weighted by Gasteiger charge is 2.30. The predicted octanol–water partition coefficient (Wildman–Crippen LogP) is 21.7. The van der Waals surface area contributed by atoms with E-state index in [1.165, 1.54) is 148 Å². The van der Waals surface area contributed by atoms with Gasteiger partial charge in [0.25, 0.3) is 0 Å². The molecular weight excluding hydrogens is 1250 g/mol. The van der Waals surface area contributed by atoms with E-state index in [0.717, 1.165) is 127 Å². The lowest BCUT2D eigenvalue weighted by Crippen LogP contribution is -2.30. The number of carbonyl (C=O) groups is 4. The Hall–Kier alpha value is -2.46. The van der Waals surface area contributed by atoms with Gasteiger partial charge in [0.2, 0.25) is 0 Å². The lowest BCUT2D eigenvalue weighted by molar-refractivity contribution is -0.161. The molecule has 0 spiro atoms. The number of hydrogen-bond acceptors (Lipinski definition) is 15. The summed E-state index contributed by atoms with van der Waals surface area (Å²) < 4.78 is 68.5. The van der Waals surface area contributed by atoms with Crippen molar-refractivity contribution in [2.75, 3.05) is 39.6 Å². The van der Waals surface area contributed by atoms with Gasteiger partial charge in [-0.3, -0.25) is 37.3 Å². The summed E-state index contributed by atoms with van der Waals surface area (Å²) in [5.74, 6) is 0.102. The molecule has 95 heavy (non-hydrogen) atoms. The molecule has 0 aromatic carbocycles. The number of carbonyl (C=O) groups excluding carboxylic acids is 4. The van der Waals surface area contributed by atoms with Gasteiger partial charge >= 0.3 is 39.5 Å². The van der Waals surface area contributed by atoms with Gasteiger partial charge in [0.15, 0.2) is 12.2 Å². The van der Waals surface area contributed by atoms with Gasteiger partial charge in [-0.05, 0) is 69.1 Å². The summed E-state index contributed by atoms with van der Waals surface area (Å²) in [6.45, 7) is 11.8. The predicted molar refractivity (Wildman–Crippen MR) is 386 cm³/mol. The summed E-state index contributed by atoms with van der Waals surface area (Å²) >= 11 is 0. The molecule has 0 aromatic rings. The molecular formula is C76H144O17P2. The number of unbranched alkanes of at least 4 members (excludes halogenated alkanes) is 37.